The van der Waals surface area contributed by atoms with Crippen LogP contribution >= 0.6 is 12.4 Å². The van der Waals surface area contributed by atoms with Gasteiger partial charge in [-0.25, -0.2) is 4.79 Å². The Bertz CT molecular complexity index is 547. The highest BCUT2D eigenvalue weighted by Gasteiger charge is 2.25. The number of anilines is 1. The van der Waals surface area contributed by atoms with Crippen molar-refractivity contribution in [2.45, 2.75) is 32.7 Å². The van der Waals surface area contributed by atoms with Crippen LogP contribution in [0.5, 0.6) is 0 Å². The summed E-state index contributed by atoms with van der Waals surface area (Å²) >= 11 is 0. The molecule has 6 nitrogen and oxygen atoms in total. The van der Waals surface area contributed by atoms with Gasteiger partial charge in [-0.2, -0.15) is 0 Å². The second-order valence-corrected chi connectivity index (χ2v) is 5.91. The minimum atomic E-state index is -0.357. The zero-order valence-corrected chi connectivity index (χ0v) is 15.1. The van der Waals surface area contributed by atoms with Crippen LogP contribution in [0, 0.1) is 6.92 Å². The van der Waals surface area contributed by atoms with Crippen LogP contribution in [0.15, 0.2) is 24.3 Å². The van der Waals surface area contributed by atoms with Crippen LogP contribution in [0.25, 0.3) is 0 Å². The molecule has 0 radical (unpaired) electrons. The van der Waals surface area contributed by atoms with Gasteiger partial charge in [0.2, 0.25) is 5.91 Å². The first-order valence-corrected chi connectivity index (χ1v) is 8.22. The predicted molar refractivity (Wildman–Crippen MR) is 98.7 cm³/mol. The maximum Gasteiger partial charge on any atom is 0.319 e. The van der Waals surface area contributed by atoms with Gasteiger partial charge in [-0.05, 0) is 44.0 Å². The molecule has 1 aliphatic rings. The summed E-state index contributed by atoms with van der Waals surface area (Å²) in [6.07, 6.45) is 1.89. The highest BCUT2D eigenvalue weighted by atomic mass is 35.5. The highest BCUT2D eigenvalue weighted by Crippen LogP contribution is 2.10. The molecule has 1 saturated heterocycles. The third-order valence-corrected chi connectivity index (χ3v) is 3.94. The van der Waals surface area contributed by atoms with Crippen LogP contribution in [-0.2, 0) is 4.79 Å². The van der Waals surface area contributed by atoms with Crippen LogP contribution < -0.4 is 16.0 Å². The zero-order chi connectivity index (χ0) is 16.7. The largest absolute Gasteiger partial charge is 0.337 e. The highest BCUT2D eigenvalue weighted by molar-refractivity contribution is 5.92. The van der Waals surface area contributed by atoms with Crippen molar-refractivity contribution in [1.29, 1.82) is 0 Å². The van der Waals surface area contributed by atoms with E-state index in [1.165, 1.54) is 0 Å². The van der Waals surface area contributed by atoms with E-state index >= 15 is 0 Å². The van der Waals surface area contributed by atoms with Gasteiger partial charge in [0.05, 0.1) is 6.54 Å². The van der Waals surface area contributed by atoms with Crippen molar-refractivity contribution in [3.05, 3.63) is 29.8 Å². The molecule has 3 N–H and O–H groups in total. The third kappa shape index (κ3) is 6.02. The van der Waals surface area contributed by atoms with Gasteiger partial charge in [-0.3, -0.25) is 4.79 Å². The average molecular weight is 355 g/mol. The van der Waals surface area contributed by atoms with Crippen LogP contribution in [0.2, 0.25) is 0 Å². The van der Waals surface area contributed by atoms with E-state index < -0.39 is 0 Å². The Labute approximate surface area is 149 Å². The van der Waals surface area contributed by atoms with E-state index in [0.29, 0.717) is 0 Å². The molecule has 1 unspecified atom stereocenters. The van der Waals surface area contributed by atoms with E-state index in [1.54, 1.807) is 0 Å². The molecule has 24 heavy (non-hydrogen) atoms. The van der Waals surface area contributed by atoms with Crippen molar-refractivity contribution in [3.8, 4) is 0 Å². The fourth-order valence-corrected chi connectivity index (χ4v) is 2.81. The standard InChI is InChI=1S/C17H26N4O2.ClH/c1-3-9-21(15-7-8-18-11-15)16(22)12-19-17(23)20-14-6-4-5-13(2)10-14;/h4-6,10,15,18H,3,7-9,11-12H2,1-2H3,(H2,19,20,23);1H. The minimum Gasteiger partial charge on any atom is -0.337 e. The summed E-state index contributed by atoms with van der Waals surface area (Å²) in [4.78, 5) is 26.2. The van der Waals surface area contributed by atoms with E-state index in [1.807, 2.05) is 36.1 Å². The molecule has 0 spiro atoms. The van der Waals surface area contributed by atoms with Gasteiger partial charge in [-0.15, -0.1) is 12.4 Å². The van der Waals surface area contributed by atoms with E-state index in [4.69, 9.17) is 0 Å². The Kier molecular flexibility index (Phi) is 8.57. The van der Waals surface area contributed by atoms with Crippen LogP contribution in [-0.4, -0.2) is 49.1 Å². The molecule has 0 aromatic heterocycles. The first-order valence-electron chi connectivity index (χ1n) is 8.22. The first kappa shape index (κ1) is 20.3. The van der Waals surface area contributed by atoms with E-state index in [2.05, 4.69) is 22.9 Å². The lowest BCUT2D eigenvalue weighted by Crippen LogP contribution is -2.47. The van der Waals surface area contributed by atoms with Crippen LogP contribution in [0.1, 0.15) is 25.3 Å². The molecule has 1 aromatic carbocycles. The van der Waals surface area contributed by atoms with Crippen molar-refractivity contribution >= 4 is 30.0 Å². The van der Waals surface area contributed by atoms with Crippen LogP contribution in [0.3, 0.4) is 0 Å². The molecule has 1 aromatic rings. The number of rotatable bonds is 6. The molecule has 1 heterocycles. The molecule has 3 amide bonds. The number of amides is 3. The monoisotopic (exact) mass is 354 g/mol. The van der Waals surface area contributed by atoms with E-state index in [0.717, 1.165) is 43.7 Å². The second kappa shape index (κ2) is 10.2. The number of carbonyl (C=O) groups is 2. The van der Waals surface area contributed by atoms with Crippen molar-refractivity contribution in [1.82, 2.24) is 15.5 Å². The summed E-state index contributed by atoms with van der Waals surface area (Å²) in [6, 6.07) is 7.43. The van der Waals surface area contributed by atoms with Crippen LogP contribution in [0.4, 0.5) is 10.5 Å². The fourth-order valence-electron chi connectivity index (χ4n) is 2.81. The van der Waals surface area contributed by atoms with Crippen molar-refractivity contribution in [2.75, 3.05) is 31.5 Å². The SMILES string of the molecule is CCCN(C(=O)CNC(=O)Nc1cccc(C)c1)C1CCNC1.Cl. The topological polar surface area (TPSA) is 73.5 Å². The maximum atomic E-state index is 12.4. The molecule has 1 aliphatic heterocycles. The number of nitrogens with one attached hydrogen (secondary N) is 3. The smallest absolute Gasteiger partial charge is 0.319 e. The van der Waals surface area contributed by atoms with Gasteiger partial charge in [0.25, 0.3) is 0 Å². The molecule has 0 bridgehead atoms. The number of carbonyl (C=O) groups excluding carboxylic acids is 2. The Balaban J connectivity index is 0.00000288. The molecular formula is C17H27ClN4O2. The van der Waals surface area contributed by atoms with Gasteiger partial charge in [-0.1, -0.05) is 19.1 Å². The summed E-state index contributed by atoms with van der Waals surface area (Å²) in [7, 11) is 0. The van der Waals surface area contributed by atoms with Gasteiger partial charge in [0.1, 0.15) is 0 Å². The molecule has 134 valence electrons. The lowest BCUT2D eigenvalue weighted by molar-refractivity contribution is -0.132. The van der Waals surface area contributed by atoms with Crippen molar-refractivity contribution in [3.63, 3.8) is 0 Å². The zero-order valence-electron chi connectivity index (χ0n) is 14.3. The summed E-state index contributed by atoms with van der Waals surface area (Å²) in [5, 5.41) is 8.67. The van der Waals surface area contributed by atoms with Gasteiger partial charge < -0.3 is 20.9 Å². The first-order chi connectivity index (χ1) is 11.1. The molecule has 0 saturated carbocycles. The number of urea groups is 1. The van der Waals surface area contributed by atoms with Gasteiger partial charge in [0.15, 0.2) is 0 Å². The lowest BCUT2D eigenvalue weighted by Gasteiger charge is -2.28. The Morgan fingerprint density at radius 2 is 2.17 bits per heavy atom. The molecule has 0 aliphatic carbocycles. The normalized spacial score (nSPS) is 16.2. The molecule has 1 fully saturated rings. The number of aryl methyl sites for hydroxylation is 1. The third-order valence-electron chi connectivity index (χ3n) is 3.94. The summed E-state index contributed by atoms with van der Waals surface area (Å²) in [6.45, 7) is 6.55. The Hall–Kier alpha value is -1.79. The minimum absolute atomic E-state index is 0. The quantitative estimate of drug-likeness (QED) is 0.732. The predicted octanol–water partition coefficient (Wildman–Crippen LogP) is 2.14. The maximum absolute atomic E-state index is 12.4. The Morgan fingerprint density at radius 1 is 1.38 bits per heavy atom. The van der Waals surface area contributed by atoms with Gasteiger partial charge in [0, 0.05) is 24.8 Å². The second-order valence-electron chi connectivity index (χ2n) is 5.91. The average Bonchev–Trinajstić information content (AvgIpc) is 3.04. The fraction of sp³-hybridized carbons (Fsp3) is 0.529. The van der Waals surface area contributed by atoms with E-state index in [-0.39, 0.29) is 36.9 Å². The molecule has 1 atom stereocenters. The molecular weight excluding hydrogens is 328 g/mol. The summed E-state index contributed by atoms with van der Waals surface area (Å²) < 4.78 is 0. The Morgan fingerprint density at radius 3 is 2.79 bits per heavy atom. The summed E-state index contributed by atoms with van der Waals surface area (Å²) in [5.41, 5.74) is 1.79. The number of hydrogen-bond donors (Lipinski definition) is 3. The lowest BCUT2D eigenvalue weighted by atomic mass is 10.2. The number of benzene rings is 1. The number of hydrogen-bond acceptors (Lipinski definition) is 3. The number of nitrogens with zero attached hydrogens (tertiary/aromatic N) is 1. The van der Waals surface area contributed by atoms with E-state index in [9.17, 15) is 9.59 Å². The molecule has 7 heteroatoms. The van der Waals surface area contributed by atoms with Crippen molar-refractivity contribution < 1.29 is 9.59 Å². The van der Waals surface area contributed by atoms with Crippen molar-refractivity contribution in [2.24, 2.45) is 0 Å². The molecule has 2 rings (SSSR count). The van der Waals surface area contributed by atoms with Gasteiger partial charge >= 0.3 is 6.03 Å². The summed E-state index contributed by atoms with van der Waals surface area (Å²) in [5.74, 6) is -0.0278. The number of halogens is 1.